The van der Waals surface area contributed by atoms with E-state index >= 15 is 0 Å². The fourth-order valence-corrected chi connectivity index (χ4v) is 3.31. The van der Waals surface area contributed by atoms with E-state index in [1.54, 1.807) is 28.9 Å². The van der Waals surface area contributed by atoms with E-state index in [9.17, 15) is 10.1 Å². The van der Waals surface area contributed by atoms with Crippen LogP contribution < -0.4 is 5.32 Å². The summed E-state index contributed by atoms with van der Waals surface area (Å²) in [4.78, 5) is 10.6. The van der Waals surface area contributed by atoms with Gasteiger partial charge < -0.3 is 5.32 Å². The van der Waals surface area contributed by atoms with Crippen molar-refractivity contribution in [1.29, 1.82) is 0 Å². The number of para-hydroxylation sites is 1. The highest BCUT2D eigenvalue weighted by Gasteiger charge is 2.24. The van der Waals surface area contributed by atoms with E-state index < -0.39 is 11.0 Å². The van der Waals surface area contributed by atoms with Crippen molar-refractivity contribution in [2.24, 2.45) is 0 Å². The molecule has 1 atom stereocenters. The predicted octanol–water partition coefficient (Wildman–Crippen LogP) is 4.73. The van der Waals surface area contributed by atoms with Crippen molar-refractivity contribution in [3.05, 3.63) is 105 Å². The minimum Gasteiger partial charge on any atom is -0.371 e. The number of rotatable bonds is 6. The summed E-state index contributed by atoms with van der Waals surface area (Å²) < 4.78 is 1.63. The van der Waals surface area contributed by atoms with E-state index in [2.05, 4.69) is 20.8 Å². The van der Waals surface area contributed by atoms with Gasteiger partial charge in [0.05, 0.1) is 10.6 Å². The smallest absolute Gasteiger partial charge is 0.269 e. The number of nitro groups is 1. The van der Waals surface area contributed by atoms with E-state index in [1.807, 2.05) is 43.3 Å². The second-order valence-electron chi connectivity index (χ2n) is 6.67. The number of aromatic nitrogens is 4. The molecule has 0 aliphatic heterocycles. The maximum atomic E-state index is 11.1. The zero-order valence-electron chi connectivity index (χ0n) is 15.9. The molecule has 0 unspecified atom stereocenters. The maximum absolute atomic E-state index is 11.1. The SMILES string of the molecule is Cc1ccc(Cl)cc1-n1nnnc1[C@@H](Nc1ccccc1)c1ccc([N+](=O)[O-])cc1. The predicted molar refractivity (Wildman–Crippen MR) is 114 cm³/mol. The minimum atomic E-state index is -0.457. The lowest BCUT2D eigenvalue weighted by Gasteiger charge is -2.20. The third kappa shape index (κ3) is 3.99. The number of nitrogens with one attached hydrogen (secondary N) is 1. The molecule has 4 aromatic rings. The van der Waals surface area contributed by atoms with Gasteiger partial charge in [0.2, 0.25) is 0 Å². The molecule has 0 saturated carbocycles. The Morgan fingerprint density at radius 2 is 1.80 bits per heavy atom. The summed E-state index contributed by atoms with van der Waals surface area (Å²) in [6.45, 7) is 1.95. The van der Waals surface area contributed by atoms with Gasteiger partial charge in [-0.3, -0.25) is 10.1 Å². The van der Waals surface area contributed by atoms with Crippen molar-refractivity contribution < 1.29 is 4.92 Å². The van der Waals surface area contributed by atoms with Crippen molar-refractivity contribution in [3.8, 4) is 5.69 Å². The van der Waals surface area contributed by atoms with Gasteiger partial charge in [-0.25, -0.2) is 0 Å². The number of nitrogens with zero attached hydrogens (tertiary/aromatic N) is 5. The van der Waals surface area contributed by atoms with Gasteiger partial charge in [0, 0.05) is 22.8 Å². The molecule has 0 bridgehead atoms. The molecule has 1 N–H and O–H groups in total. The lowest BCUT2D eigenvalue weighted by Crippen LogP contribution is -2.18. The number of benzene rings is 3. The van der Waals surface area contributed by atoms with E-state index in [1.165, 1.54) is 12.1 Å². The largest absolute Gasteiger partial charge is 0.371 e. The molecule has 0 saturated heterocycles. The summed E-state index contributed by atoms with van der Waals surface area (Å²) in [5.41, 5.74) is 3.36. The fraction of sp³-hybridized carbons (Fsp3) is 0.0952. The fourth-order valence-electron chi connectivity index (χ4n) is 3.14. The summed E-state index contributed by atoms with van der Waals surface area (Å²) in [6.07, 6.45) is 0. The van der Waals surface area contributed by atoms with E-state index in [-0.39, 0.29) is 5.69 Å². The van der Waals surface area contributed by atoms with Crippen LogP contribution in [0.2, 0.25) is 5.02 Å². The van der Waals surface area contributed by atoms with Crippen LogP contribution in [0.25, 0.3) is 5.69 Å². The Hall–Kier alpha value is -3.78. The standard InChI is InChI=1S/C21H17ClN6O2/c1-14-7-10-16(22)13-19(14)27-21(24-25-26-27)20(23-17-5-3-2-4-6-17)15-8-11-18(12-9-15)28(29)30/h2-13,20,23H,1H3/t20-/m0/s1. The topological polar surface area (TPSA) is 98.8 Å². The highest BCUT2D eigenvalue weighted by atomic mass is 35.5. The first-order chi connectivity index (χ1) is 14.5. The van der Waals surface area contributed by atoms with Crippen molar-refractivity contribution >= 4 is 23.0 Å². The van der Waals surface area contributed by atoms with Crippen LogP contribution in [-0.4, -0.2) is 25.1 Å². The number of hydrogen-bond donors (Lipinski definition) is 1. The quantitative estimate of drug-likeness (QED) is 0.357. The second kappa shape index (κ2) is 8.30. The molecule has 0 fully saturated rings. The van der Waals surface area contributed by atoms with Crippen LogP contribution >= 0.6 is 11.6 Å². The second-order valence-corrected chi connectivity index (χ2v) is 7.11. The maximum Gasteiger partial charge on any atom is 0.269 e. The highest BCUT2D eigenvalue weighted by Crippen LogP contribution is 2.29. The Kier molecular flexibility index (Phi) is 5.40. The van der Waals surface area contributed by atoms with Crippen LogP contribution in [0.5, 0.6) is 0 Å². The zero-order chi connectivity index (χ0) is 21.1. The lowest BCUT2D eigenvalue weighted by molar-refractivity contribution is -0.384. The summed E-state index contributed by atoms with van der Waals surface area (Å²) in [6, 6.07) is 21.0. The van der Waals surface area contributed by atoms with E-state index in [0.717, 1.165) is 22.5 Å². The summed E-state index contributed by atoms with van der Waals surface area (Å²) in [5, 5.41) is 27.3. The first-order valence-corrected chi connectivity index (χ1v) is 9.51. The molecule has 8 nitrogen and oxygen atoms in total. The average Bonchev–Trinajstić information content (AvgIpc) is 3.24. The first-order valence-electron chi connectivity index (χ1n) is 9.13. The molecule has 0 amide bonds. The normalized spacial score (nSPS) is 11.8. The van der Waals surface area contributed by atoms with E-state index in [0.29, 0.717) is 10.8 Å². The first kappa shape index (κ1) is 19.5. The summed E-state index contributed by atoms with van der Waals surface area (Å²) in [5.74, 6) is 0.526. The molecule has 0 aliphatic rings. The third-order valence-corrected chi connectivity index (χ3v) is 4.91. The molecule has 0 radical (unpaired) electrons. The van der Waals surface area contributed by atoms with Crippen LogP contribution in [0, 0.1) is 17.0 Å². The van der Waals surface area contributed by atoms with Crippen molar-refractivity contribution in [3.63, 3.8) is 0 Å². The number of anilines is 1. The van der Waals surface area contributed by atoms with Gasteiger partial charge in [0.1, 0.15) is 6.04 Å². The van der Waals surface area contributed by atoms with Gasteiger partial charge in [-0.2, -0.15) is 4.68 Å². The van der Waals surface area contributed by atoms with Crippen LogP contribution in [0.1, 0.15) is 23.0 Å². The molecule has 30 heavy (non-hydrogen) atoms. The van der Waals surface area contributed by atoms with Crippen LogP contribution in [-0.2, 0) is 0 Å². The minimum absolute atomic E-state index is 0.0162. The molecule has 9 heteroatoms. The van der Waals surface area contributed by atoms with Gasteiger partial charge in [0.15, 0.2) is 5.82 Å². The number of non-ortho nitro benzene ring substituents is 1. The Bertz CT molecular complexity index is 1180. The summed E-state index contributed by atoms with van der Waals surface area (Å²) in [7, 11) is 0. The number of hydrogen-bond acceptors (Lipinski definition) is 6. The van der Waals surface area contributed by atoms with Gasteiger partial charge in [-0.05, 0) is 64.9 Å². The van der Waals surface area contributed by atoms with Crippen molar-refractivity contribution in [2.75, 3.05) is 5.32 Å². The third-order valence-electron chi connectivity index (χ3n) is 4.67. The highest BCUT2D eigenvalue weighted by molar-refractivity contribution is 6.30. The van der Waals surface area contributed by atoms with Crippen LogP contribution in [0.4, 0.5) is 11.4 Å². The molecule has 1 aromatic heterocycles. The molecule has 0 aliphatic carbocycles. The number of halogens is 1. The Morgan fingerprint density at radius 1 is 1.07 bits per heavy atom. The van der Waals surface area contributed by atoms with Crippen molar-refractivity contribution in [2.45, 2.75) is 13.0 Å². The molecule has 150 valence electrons. The molecule has 0 spiro atoms. The number of nitro benzene ring substituents is 1. The molecular weight excluding hydrogens is 404 g/mol. The van der Waals surface area contributed by atoms with Gasteiger partial charge in [0.25, 0.3) is 5.69 Å². The molecule has 4 rings (SSSR count). The van der Waals surface area contributed by atoms with Gasteiger partial charge in [-0.1, -0.05) is 35.9 Å². The van der Waals surface area contributed by atoms with Crippen LogP contribution in [0.3, 0.4) is 0 Å². The van der Waals surface area contributed by atoms with Crippen LogP contribution in [0.15, 0.2) is 72.8 Å². The van der Waals surface area contributed by atoms with E-state index in [4.69, 9.17) is 11.6 Å². The molecule has 3 aromatic carbocycles. The van der Waals surface area contributed by atoms with Crippen molar-refractivity contribution in [1.82, 2.24) is 20.2 Å². The van der Waals surface area contributed by atoms with Gasteiger partial charge in [-0.15, -0.1) is 5.10 Å². The molecular formula is C21H17ClN6O2. The monoisotopic (exact) mass is 420 g/mol. The summed E-state index contributed by atoms with van der Waals surface area (Å²) >= 11 is 6.20. The van der Waals surface area contributed by atoms with Gasteiger partial charge >= 0.3 is 0 Å². The number of aryl methyl sites for hydroxylation is 1. The Labute approximate surface area is 177 Å². The average molecular weight is 421 g/mol. The Morgan fingerprint density at radius 3 is 2.50 bits per heavy atom. The number of tetrazole rings is 1. The molecule has 1 heterocycles. The zero-order valence-corrected chi connectivity index (χ0v) is 16.7. The lowest BCUT2D eigenvalue weighted by atomic mass is 10.0. The Balaban J connectivity index is 1.82.